The van der Waals surface area contributed by atoms with Crippen LogP contribution in [0.5, 0.6) is 0 Å². The predicted molar refractivity (Wildman–Crippen MR) is 127 cm³/mol. The molecule has 0 saturated carbocycles. The summed E-state index contributed by atoms with van der Waals surface area (Å²) in [7, 11) is 0. The van der Waals surface area contributed by atoms with Crippen LogP contribution >= 0.6 is 0 Å². The Balaban J connectivity index is 3.75. The minimum absolute atomic E-state index is 0.959. The topological polar surface area (TPSA) is 0 Å². The van der Waals surface area contributed by atoms with E-state index in [1.807, 2.05) is 0 Å². The van der Waals surface area contributed by atoms with Crippen LogP contribution in [0.4, 0.5) is 0 Å². The molecule has 0 amide bonds. The van der Waals surface area contributed by atoms with E-state index in [4.69, 9.17) is 0 Å². The summed E-state index contributed by atoms with van der Waals surface area (Å²) in [5.74, 6) is 1.97. The zero-order chi connectivity index (χ0) is 20.0. The number of hydrogen-bond donors (Lipinski definition) is 0. The van der Waals surface area contributed by atoms with Crippen molar-refractivity contribution in [2.45, 2.75) is 163 Å². The van der Waals surface area contributed by atoms with Crippen LogP contribution in [-0.4, -0.2) is 0 Å². The fourth-order valence-corrected chi connectivity index (χ4v) is 4.56. The summed E-state index contributed by atoms with van der Waals surface area (Å²) in [5.41, 5.74) is 0. The van der Waals surface area contributed by atoms with Gasteiger partial charge in [-0.15, -0.1) is 0 Å². The van der Waals surface area contributed by atoms with Crippen LogP contribution in [0, 0.1) is 11.8 Å². The van der Waals surface area contributed by atoms with Crippen molar-refractivity contribution in [1.82, 2.24) is 0 Å². The molecule has 0 heterocycles. The third-order valence-corrected chi connectivity index (χ3v) is 6.67. The molecule has 0 aliphatic carbocycles. The van der Waals surface area contributed by atoms with E-state index in [1.54, 1.807) is 0 Å². The van der Waals surface area contributed by atoms with E-state index in [-0.39, 0.29) is 0 Å². The standard InChI is InChI=1S/C27H56/c1-5-8-11-13-15-17-19-21-23-26(4)27(24-10-7-3)25-22-20-18-16-14-12-9-6-2/h26-27H,5-25H2,1-4H3. The van der Waals surface area contributed by atoms with Crippen LogP contribution in [0.1, 0.15) is 163 Å². The van der Waals surface area contributed by atoms with Crippen LogP contribution in [-0.2, 0) is 0 Å². The van der Waals surface area contributed by atoms with Gasteiger partial charge in [0.25, 0.3) is 0 Å². The Labute approximate surface area is 174 Å². The van der Waals surface area contributed by atoms with Gasteiger partial charge in [0.1, 0.15) is 0 Å². The highest BCUT2D eigenvalue weighted by atomic mass is 14.2. The Morgan fingerprint density at radius 2 is 0.704 bits per heavy atom. The second-order valence-corrected chi connectivity index (χ2v) is 9.41. The van der Waals surface area contributed by atoms with Crippen LogP contribution in [0.2, 0.25) is 0 Å². The van der Waals surface area contributed by atoms with E-state index in [2.05, 4.69) is 27.7 Å². The lowest BCUT2D eigenvalue weighted by Gasteiger charge is -2.24. The van der Waals surface area contributed by atoms with Gasteiger partial charge in [0, 0.05) is 0 Å². The molecule has 0 spiro atoms. The summed E-state index contributed by atoms with van der Waals surface area (Å²) in [6.45, 7) is 9.54. The smallest absolute Gasteiger partial charge is 0.0388 e. The van der Waals surface area contributed by atoms with Crippen molar-refractivity contribution in [3.8, 4) is 0 Å². The van der Waals surface area contributed by atoms with Crippen molar-refractivity contribution < 1.29 is 0 Å². The molecule has 27 heavy (non-hydrogen) atoms. The third-order valence-electron chi connectivity index (χ3n) is 6.67. The minimum atomic E-state index is 0.959. The Morgan fingerprint density at radius 1 is 0.370 bits per heavy atom. The highest BCUT2D eigenvalue weighted by molar-refractivity contribution is 4.68. The largest absolute Gasteiger partial charge is 0.0654 e. The van der Waals surface area contributed by atoms with E-state index in [9.17, 15) is 0 Å². The van der Waals surface area contributed by atoms with Gasteiger partial charge < -0.3 is 0 Å². The lowest BCUT2D eigenvalue weighted by atomic mass is 9.82. The molecule has 0 heteroatoms. The van der Waals surface area contributed by atoms with Gasteiger partial charge in [0.05, 0.1) is 0 Å². The molecule has 0 aliphatic rings. The summed E-state index contributed by atoms with van der Waals surface area (Å²) in [6.07, 6.45) is 30.7. The second kappa shape index (κ2) is 22.3. The monoisotopic (exact) mass is 380 g/mol. The van der Waals surface area contributed by atoms with E-state index in [0.717, 1.165) is 11.8 Å². The van der Waals surface area contributed by atoms with E-state index >= 15 is 0 Å². The van der Waals surface area contributed by atoms with E-state index < -0.39 is 0 Å². The van der Waals surface area contributed by atoms with E-state index in [1.165, 1.54) is 135 Å². The minimum Gasteiger partial charge on any atom is -0.0654 e. The first-order valence-corrected chi connectivity index (χ1v) is 13.3. The van der Waals surface area contributed by atoms with Crippen molar-refractivity contribution in [2.75, 3.05) is 0 Å². The number of unbranched alkanes of at least 4 members (excludes halogenated alkanes) is 15. The molecular weight excluding hydrogens is 324 g/mol. The molecule has 0 radical (unpaired) electrons. The fraction of sp³-hybridized carbons (Fsp3) is 1.00. The highest BCUT2D eigenvalue weighted by Crippen LogP contribution is 2.29. The Hall–Kier alpha value is 0. The summed E-state index contributed by atoms with van der Waals surface area (Å²) in [6, 6.07) is 0. The number of hydrogen-bond acceptors (Lipinski definition) is 0. The second-order valence-electron chi connectivity index (χ2n) is 9.41. The third kappa shape index (κ3) is 19.1. The maximum Gasteiger partial charge on any atom is -0.0388 e. The Morgan fingerprint density at radius 3 is 1.15 bits per heavy atom. The normalized spacial score (nSPS) is 13.8. The molecule has 2 unspecified atom stereocenters. The lowest BCUT2D eigenvalue weighted by molar-refractivity contribution is 0.276. The summed E-state index contributed by atoms with van der Waals surface area (Å²) < 4.78 is 0. The van der Waals surface area contributed by atoms with Gasteiger partial charge in [-0.2, -0.15) is 0 Å². The zero-order valence-corrected chi connectivity index (χ0v) is 20.0. The van der Waals surface area contributed by atoms with Crippen LogP contribution in [0.15, 0.2) is 0 Å². The van der Waals surface area contributed by atoms with Crippen LogP contribution in [0.25, 0.3) is 0 Å². The average Bonchev–Trinajstić information content (AvgIpc) is 2.68. The predicted octanol–water partition coefficient (Wildman–Crippen LogP) is 10.5. The quantitative estimate of drug-likeness (QED) is 0.164. The first-order valence-electron chi connectivity index (χ1n) is 13.3. The van der Waals surface area contributed by atoms with Crippen molar-refractivity contribution in [3.63, 3.8) is 0 Å². The van der Waals surface area contributed by atoms with Gasteiger partial charge >= 0.3 is 0 Å². The SMILES string of the molecule is CCCCCCCCCCC(C)C(CCCC)CCCCCCCCCC. The van der Waals surface area contributed by atoms with Gasteiger partial charge in [0.2, 0.25) is 0 Å². The zero-order valence-electron chi connectivity index (χ0n) is 20.0. The molecule has 0 aromatic carbocycles. The lowest BCUT2D eigenvalue weighted by Crippen LogP contribution is -2.12. The first-order chi connectivity index (χ1) is 13.3. The Kier molecular flexibility index (Phi) is 22.3. The van der Waals surface area contributed by atoms with Gasteiger partial charge in [-0.05, 0) is 11.8 Å². The van der Waals surface area contributed by atoms with Crippen molar-refractivity contribution in [2.24, 2.45) is 11.8 Å². The highest BCUT2D eigenvalue weighted by Gasteiger charge is 2.16. The molecule has 0 N–H and O–H groups in total. The summed E-state index contributed by atoms with van der Waals surface area (Å²) >= 11 is 0. The molecule has 0 bridgehead atoms. The maximum absolute atomic E-state index is 2.56. The van der Waals surface area contributed by atoms with Gasteiger partial charge in [-0.1, -0.05) is 163 Å². The van der Waals surface area contributed by atoms with Crippen molar-refractivity contribution >= 4 is 0 Å². The molecular formula is C27H56. The molecule has 2 atom stereocenters. The van der Waals surface area contributed by atoms with Crippen LogP contribution in [0.3, 0.4) is 0 Å². The molecule has 164 valence electrons. The average molecular weight is 381 g/mol. The van der Waals surface area contributed by atoms with Crippen LogP contribution < -0.4 is 0 Å². The molecule has 0 saturated heterocycles. The summed E-state index contributed by atoms with van der Waals surface area (Å²) in [4.78, 5) is 0. The first kappa shape index (κ1) is 27.0. The van der Waals surface area contributed by atoms with Crippen molar-refractivity contribution in [3.05, 3.63) is 0 Å². The Bertz CT molecular complexity index is 257. The van der Waals surface area contributed by atoms with Crippen molar-refractivity contribution in [1.29, 1.82) is 0 Å². The molecule has 0 aliphatic heterocycles. The summed E-state index contributed by atoms with van der Waals surface area (Å²) in [5, 5.41) is 0. The molecule has 0 rings (SSSR count). The number of rotatable bonds is 22. The molecule has 0 aromatic rings. The maximum atomic E-state index is 2.56. The molecule has 0 nitrogen and oxygen atoms in total. The molecule has 0 fully saturated rings. The molecule has 0 aromatic heterocycles. The fourth-order valence-electron chi connectivity index (χ4n) is 4.56. The van der Waals surface area contributed by atoms with E-state index in [0.29, 0.717) is 0 Å². The van der Waals surface area contributed by atoms with Gasteiger partial charge in [-0.3, -0.25) is 0 Å². The van der Waals surface area contributed by atoms with Gasteiger partial charge in [-0.25, -0.2) is 0 Å². The van der Waals surface area contributed by atoms with Gasteiger partial charge in [0.15, 0.2) is 0 Å².